The van der Waals surface area contributed by atoms with Gasteiger partial charge in [-0.2, -0.15) is 0 Å². The van der Waals surface area contributed by atoms with Gasteiger partial charge in [-0.1, -0.05) is 12.1 Å². The fourth-order valence-electron chi connectivity index (χ4n) is 1.22. The third-order valence-electron chi connectivity index (χ3n) is 2.01. The first-order valence-corrected chi connectivity index (χ1v) is 3.84. The van der Waals surface area contributed by atoms with Gasteiger partial charge in [-0.15, -0.1) is 0 Å². The minimum Gasteiger partial charge on any atom is -0.507 e. The normalized spacial score (nSPS) is 9.92. The lowest BCUT2D eigenvalue weighted by Gasteiger charge is -2.06. The van der Waals surface area contributed by atoms with Gasteiger partial charge in [-0.3, -0.25) is 4.79 Å². The summed E-state index contributed by atoms with van der Waals surface area (Å²) in [6, 6.07) is 3.49. The summed E-state index contributed by atoms with van der Waals surface area (Å²) in [5.41, 5.74) is 2.07. The molecule has 0 radical (unpaired) electrons. The Morgan fingerprint density at radius 1 is 1.33 bits per heavy atom. The Labute approximate surface area is 71.8 Å². The second-order valence-corrected chi connectivity index (χ2v) is 2.96. The number of hydrogen-bond donors (Lipinski definition) is 1. The molecule has 1 aromatic carbocycles. The van der Waals surface area contributed by atoms with Gasteiger partial charge in [0.05, 0.1) is 0 Å². The lowest BCUT2D eigenvalue weighted by atomic mass is 10.0. The Morgan fingerprint density at radius 2 is 1.92 bits per heavy atom. The van der Waals surface area contributed by atoms with Crippen molar-refractivity contribution < 1.29 is 9.90 Å². The molecule has 0 aliphatic carbocycles. The Morgan fingerprint density at radius 3 is 2.42 bits per heavy atom. The molecule has 1 N–H and O–H groups in total. The van der Waals surface area contributed by atoms with Crippen LogP contribution in [0.15, 0.2) is 12.1 Å². The fourth-order valence-corrected chi connectivity index (χ4v) is 1.22. The van der Waals surface area contributed by atoms with Gasteiger partial charge in [0, 0.05) is 11.1 Å². The number of aryl methyl sites for hydroxylation is 1. The molecule has 0 fully saturated rings. The summed E-state index contributed by atoms with van der Waals surface area (Å²) in [6.45, 7) is 5.06. The van der Waals surface area contributed by atoms with Crippen LogP contribution in [-0.4, -0.2) is 10.9 Å². The molecule has 0 spiro atoms. The van der Waals surface area contributed by atoms with E-state index >= 15 is 0 Å². The quantitative estimate of drug-likeness (QED) is 0.646. The minimum absolute atomic E-state index is 0.0113. The molecule has 1 rings (SSSR count). The number of Topliss-reactive ketones (excluding diaryl/α,β-unsaturated/α-hetero) is 1. The van der Waals surface area contributed by atoms with Crippen molar-refractivity contribution in [3.63, 3.8) is 0 Å². The van der Waals surface area contributed by atoms with Crippen LogP contribution in [0.1, 0.15) is 28.4 Å². The molecule has 2 nitrogen and oxygen atoms in total. The van der Waals surface area contributed by atoms with Gasteiger partial charge in [0.15, 0.2) is 5.78 Å². The van der Waals surface area contributed by atoms with Gasteiger partial charge >= 0.3 is 0 Å². The van der Waals surface area contributed by atoms with Crippen LogP contribution >= 0.6 is 0 Å². The number of phenolic OH excluding ortho intramolecular Hbond substituents is 1. The largest absolute Gasteiger partial charge is 0.507 e. The SMILES string of the molecule is CC(=O)c1ccc(C)c(O)c1C. The smallest absolute Gasteiger partial charge is 0.160 e. The molecule has 0 aromatic heterocycles. The first kappa shape index (κ1) is 8.78. The molecular weight excluding hydrogens is 152 g/mol. The second-order valence-electron chi connectivity index (χ2n) is 2.96. The first-order valence-electron chi connectivity index (χ1n) is 3.84. The van der Waals surface area contributed by atoms with E-state index in [2.05, 4.69) is 0 Å². The lowest BCUT2D eigenvalue weighted by molar-refractivity contribution is 0.101. The molecule has 0 saturated heterocycles. The summed E-state index contributed by atoms with van der Waals surface area (Å²) in [6.07, 6.45) is 0. The Bertz CT molecular complexity index is 327. The van der Waals surface area contributed by atoms with E-state index in [4.69, 9.17) is 0 Å². The Kier molecular flexibility index (Phi) is 2.18. The van der Waals surface area contributed by atoms with Crippen molar-refractivity contribution in [3.8, 4) is 5.75 Å². The standard InChI is InChI=1S/C10H12O2/c1-6-4-5-9(8(3)11)7(2)10(6)12/h4-5,12H,1-3H3. The van der Waals surface area contributed by atoms with Crippen molar-refractivity contribution in [2.75, 3.05) is 0 Å². The number of benzene rings is 1. The van der Waals surface area contributed by atoms with Crippen LogP contribution in [-0.2, 0) is 0 Å². The third kappa shape index (κ3) is 1.33. The molecule has 2 heteroatoms. The second kappa shape index (κ2) is 2.97. The van der Waals surface area contributed by atoms with Crippen molar-refractivity contribution in [3.05, 3.63) is 28.8 Å². The van der Waals surface area contributed by atoms with Crippen LogP contribution in [0, 0.1) is 13.8 Å². The summed E-state index contributed by atoms with van der Waals surface area (Å²) in [5, 5.41) is 9.48. The number of ketones is 1. The van der Waals surface area contributed by atoms with Crippen LogP contribution < -0.4 is 0 Å². The maximum atomic E-state index is 11.0. The molecular formula is C10H12O2. The van der Waals surface area contributed by atoms with Crippen LogP contribution in [0.25, 0.3) is 0 Å². The van der Waals surface area contributed by atoms with E-state index in [0.29, 0.717) is 11.1 Å². The lowest BCUT2D eigenvalue weighted by Crippen LogP contribution is -1.96. The Hall–Kier alpha value is -1.31. The highest BCUT2D eigenvalue weighted by atomic mass is 16.3. The van der Waals surface area contributed by atoms with Crippen molar-refractivity contribution >= 4 is 5.78 Å². The van der Waals surface area contributed by atoms with E-state index in [1.165, 1.54) is 6.92 Å². The average molecular weight is 164 g/mol. The van der Waals surface area contributed by atoms with Gasteiger partial charge in [-0.25, -0.2) is 0 Å². The van der Waals surface area contributed by atoms with E-state index in [1.54, 1.807) is 19.1 Å². The molecule has 0 saturated carbocycles. The van der Waals surface area contributed by atoms with E-state index in [1.807, 2.05) is 6.92 Å². The highest BCUT2D eigenvalue weighted by Gasteiger charge is 2.08. The fraction of sp³-hybridized carbons (Fsp3) is 0.300. The maximum Gasteiger partial charge on any atom is 0.160 e. The number of aromatic hydroxyl groups is 1. The minimum atomic E-state index is -0.0113. The van der Waals surface area contributed by atoms with Gasteiger partial charge in [0.1, 0.15) is 5.75 Å². The molecule has 0 unspecified atom stereocenters. The molecule has 0 amide bonds. The zero-order chi connectivity index (χ0) is 9.30. The highest BCUT2D eigenvalue weighted by Crippen LogP contribution is 2.24. The summed E-state index contributed by atoms with van der Waals surface area (Å²) in [7, 11) is 0. The summed E-state index contributed by atoms with van der Waals surface area (Å²) in [4.78, 5) is 11.0. The molecule has 0 aliphatic rings. The molecule has 64 valence electrons. The van der Waals surface area contributed by atoms with Gasteiger partial charge in [0.25, 0.3) is 0 Å². The van der Waals surface area contributed by atoms with Gasteiger partial charge in [0.2, 0.25) is 0 Å². The van der Waals surface area contributed by atoms with Crippen molar-refractivity contribution in [1.29, 1.82) is 0 Å². The van der Waals surface area contributed by atoms with Gasteiger partial charge < -0.3 is 5.11 Å². The monoisotopic (exact) mass is 164 g/mol. The predicted octanol–water partition coefficient (Wildman–Crippen LogP) is 2.21. The average Bonchev–Trinajstić information content (AvgIpc) is 2.00. The number of carbonyl (C=O) groups is 1. The van der Waals surface area contributed by atoms with Crippen molar-refractivity contribution in [2.24, 2.45) is 0 Å². The molecule has 1 aromatic rings. The maximum absolute atomic E-state index is 11.0. The van der Waals surface area contributed by atoms with E-state index < -0.39 is 0 Å². The zero-order valence-corrected chi connectivity index (χ0v) is 7.51. The summed E-state index contributed by atoms with van der Waals surface area (Å²) >= 11 is 0. The third-order valence-corrected chi connectivity index (χ3v) is 2.01. The van der Waals surface area contributed by atoms with Crippen LogP contribution in [0.4, 0.5) is 0 Å². The van der Waals surface area contributed by atoms with Crippen LogP contribution in [0.5, 0.6) is 5.75 Å². The summed E-state index contributed by atoms with van der Waals surface area (Å²) in [5.74, 6) is 0.213. The van der Waals surface area contributed by atoms with Crippen LogP contribution in [0.3, 0.4) is 0 Å². The van der Waals surface area contributed by atoms with E-state index in [-0.39, 0.29) is 11.5 Å². The molecule has 0 aliphatic heterocycles. The van der Waals surface area contributed by atoms with Crippen molar-refractivity contribution in [2.45, 2.75) is 20.8 Å². The molecule has 0 heterocycles. The Balaban J connectivity index is 3.36. The van der Waals surface area contributed by atoms with Crippen LogP contribution in [0.2, 0.25) is 0 Å². The molecule has 0 atom stereocenters. The zero-order valence-electron chi connectivity index (χ0n) is 7.51. The highest BCUT2D eigenvalue weighted by molar-refractivity contribution is 5.96. The van der Waals surface area contributed by atoms with Gasteiger partial charge in [-0.05, 0) is 26.3 Å². The number of rotatable bonds is 1. The topological polar surface area (TPSA) is 37.3 Å². The van der Waals surface area contributed by atoms with E-state index in [0.717, 1.165) is 5.56 Å². The summed E-state index contributed by atoms with van der Waals surface area (Å²) < 4.78 is 0. The number of phenols is 1. The van der Waals surface area contributed by atoms with E-state index in [9.17, 15) is 9.90 Å². The molecule has 12 heavy (non-hydrogen) atoms. The number of carbonyl (C=O) groups excluding carboxylic acids is 1. The molecule has 0 bridgehead atoms. The van der Waals surface area contributed by atoms with Crippen molar-refractivity contribution in [1.82, 2.24) is 0 Å². The predicted molar refractivity (Wildman–Crippen MR) is 47.6 cm³/mol. The number of hydrogen-bond acceptors (Lipinski definition) is 2. The first-order chi connectivity index (χ1) is 5.54.